The Morgan fingerprint density at radius 1 is 0.906 bits per heavy atom. The molecule has 0 saturated carbocycles. The first-order valence-corrected chi connectivity index (χ1v) is 13.0. The van der Waals surface area contributed by atoms with E-state index in [4.69, 9.17) is 0 Å². The van der Waals surface area contributed by atoms with Crippen LogP contribution in [0.4, 0.5) is 5.69 Å². The molecule has 2 aromatic rings. The Hall–Kier alpha value is -2.22. The van der Waals surface area contributed by atoms with Crippen LogP contribution in [-0.4, -0.2) is 56.3 Å². The largest absolute Gasteiger partial charge is 0.324 e. The summed E-state index contributed by atoms with van der Waals surface area (Å²) >= 11 is 0. The predicted octanol–water partition coefficient (Wildman–Crippen LogP) is 3.71. The normalized spacial score (nSPS) is 15.6. The summed E-state index contributed by atoms with van der Waals surface area (Å²) in [4.78, 5) is 15.1. The Labute approximate surface area is 192 Å². The first-order valence-electron chi connectivity index (χ1n) is 11.6. The van der Waals surface area contributed by atoms with Gasteiger partial charge in [-0.1, -0.05) is 57.5 Å². The second-order valence-corrected chi connectivity index (χ2v) is 10.2. The van der Waals surface area contributed by atoms with Crippen LogP contribution in [0.25, 0.3) is 0 Å². The number of carbonyl (C=O) groups is 1. The van der Waals surface area contributed by atoms with Crippen LogP contribution in [-0.2, 0) is 34.1 Å². The molecule has 1 fully saturated rings. The van der Waals surface area contributed by atoms with Crippen LogP contribution >= 0.6 is 0 Å². The third-order valence-corrected chi connectivity index (χ3v) is 7.97. The SMILES string of the molecule is CCCc1ccc(S(=O)(=O)N2CCN(CC(=O)Nc3c(CC)cccc3CC)CC2)cc1. The summed E-state index contributed by atoms with van der Waals surface area (Å²) in [5.74, 6) is -0.0524. The number of carbonyl (C=O) groups excluding carboxylic acids is 1. The van der Waals surface area contributed by atoms with E-state index in [-0.39, 0.29) is 12.5 Å². The Bertz CT molecular complexity index is 989. The van der Waals surface area contributed by atoms with Gasteiger partial charge in [0, 0.05) is 31.9 Å². The molecule has 1 amide bonds. The fourth-order valence-corrected chi connectivity index (χ4v) is 5.60. The van der Waals surface area contributed by atoms with E-state index in [9.17, 15) is 13.2 Å². The third kappa shape index (κ3) is 5.77. The highest BCUT2D eigenvalue weighted by Crippen LogP contribution is 2.23. The van der Waals surface area contributed by atoms with E-state index in [1.54, 1.807) is 12.1 Å². The summed E-state index contributed by atoms with van der Waals surface area (Å²) in [6, 6.07) is 13.3. The van der Waals surface area contributed by atoms with E-state index in [1.807, 2.05) is 35.2 Å². The van der Waals surface area contributed by atoms with Crippen molar-refractivity contribution in [2.45, 2.75) is 51.3 Å². The number of para-hydroxylation sites is 1. The number of nitrogens with zero attached hydrogens (tertiary/aromatic N) is 2. The minimum absolute atomic E-state index is 0.0524. The Balaban J connectivity index is 1.57. The Morgan fingerprint density at radius 3 is 2.03 bits per heavy atom. The molecule has 0 unspecified atom stereocenters. The fourth-order valence-electron chi connectivity index (χ4n) is 4.18. The lowest BCUT2D eigenvalue weighted by Crippen LogP contribution is -2.50. The number of rotatable bonds is 9. The molecule has 1 saturated heterocycles. The average molecular weight is 458 g/mol. The molecule has 2 aromatic carbocycles. The third-order valence-electron chi connectivity index (χ3n) is 6.06. The topological polar surface area (TPSA) is 69.7 Å². The quantitative estimate of drug-likeness (QED) is 0.623. The standard InChI is InChI=1S/C25H35N3O3S/c1-4-8-20-11-13-23(14-12-20)32(30,31)28-17-15-27(16-18-28)19-24(29)26-25-21(5-2)9-7-10-22(25)6-3/h7,9-14H,4-6,8,15-19H2,1-3H3,(H,26,29). The van der Waals surface area contributed by atoms with Gasteiger partial charge in [0.15, 0.2) is 0 Å². The Kier molecular flexibility index (Phi) is 8.45. The number of hydrogen-bond acceptors (Lipinski definition) is 4. The number of nitrogens with one attached hydrogen (secondary N) is 1. The number of sulfonamides is 1. The van der Waals surface area contributed by atoms with Crippen molar-refractivity contribution in [1.82, 2.24) is 9.21 Å². The molecule has 0 aromatic heterocycles. The van der Waals surface area contributed by atoms with Gasteiger partial charge in [0.05, 0.1) is 11.4 Å². The van der Waals surface area contributed by atoms with Crippen molar-refractivity contribution in [1.29, 1.82) is 0 Å². The minimum atomic E-state index is -3.51. The molecule has 0 aliphatic carbocycles. The highest BCUT2D eigenvalue weighted by molar-refractivity contribution is 7.89. The molecule has 0 bridgehead atoms. The van der Waals surface area contributed by atoms with Crippen molar-refractivity contribution < 1.29 is 13.2 Å². The smallest absolute Gasteiger partial charge is 0.243 e. The van der Waals surface area contributed by atoms with E-state index in [0.29, 0.717) is 31.1 Å². The monoisotopic (exact) mass is 457 g/mol. The van der Waals surface area contributed by atoms with Crippen molar-refractivity contribution in [2.24, 2.45) is 0 Å². The van der Waals surface area contributed by atoms with Gasteiger partial charge in [0.1, 0.15) is 0 Å². The van der Waals surface area contributed by atoms with Crippen LogP contribution in [0.15, 0.2) is 47.4 Å². The maximum absolute atomic E-state index is 13.0. The molecule has 174 valence electrons. The number of amides is 1. The lowest BCUT2D eigenvalue weighted by atomic mass is 10.0. The molecule has 1 aliphatic rings. The molecule has 7 heteroatoms. The van der Waals surface area contributed by atoms with Crippen molar-refractivity contribution in [3.8, 4) is 0 Å². The van der Waals surface area contributed by atoms with Gasteiger partial charge >= 0.3 is 0 Å². The van der Waals surface area contributed by atoms with E-state index in [1.165, 1.54) is 4.31 Å². The van der Waals surface area contributed by atoms with Crippen molar-refractivity contribution in [2.75, 3.05) is 38.0 Å². The zero-order valence-corrected chi connectivity index (χ0v) is 20.2. The molecular formula is C25H35N3O3S. The maximum atomic E-state index is 13.0. The zero-order chi connectivity index (χ0) is 23.1. The summed E-state index contributed by atoms with van der Waals surface area (Å²) in [5, 5.41) is 3.10. The second-order valence-electron chi connectivity index (χ2n) is 8.28. The number of hydrogen-bond donors (Lipinski definition) is 1. The summed E-state index contributed by atoms with van der Waals surface area (Å²) in [5.41, 5.74) is 4.35. The first-order chi connectivity index (χ1) is 15.4. The van der Waals surface area contributed by atoms with Crippen molar-refractivity contribution in [3.63, 3.8) is 0 Å². The van der Waals surface area contributed by atoms with Gasteiger partial charge in [0.25, 0.3) is 0 Å². The van der Waals surface area contributed by atoms with E-state index >= 15 is 0 Å². The van der Waals surface area contributed by atoms with Crippen molar-refractivity contribution in [3.05, 3.63) is 59.2 Å². The van der Waals surface area contributed by atoms with E-state index in [2.05, 4.69) is 26.1 Å². The van der Waals surface area contributed by atoms with Gasteiger partial charge < -0.3 is 5.32 Å². The lowest BCUT2D eigenvalue weighted by molar-refractivity contribution is -0.117. The van der Waals surface area contributed by atoms with E-state index in [0.717, 1.165) is 48.1 Å². The second kappa shape index (κ2) is 11.1. The number of benzene rings is 2. The maximum Gasteiger partial charge on any atom is 0.243 e. The van der Waals surface area contributed by atoms with Crippen LogP contribution in [0.2, 0.25) is 0 Å². The number of piperazine rings is 1. The molecule has 3 rings (SSSR count). The van der Waals surface area contributed by atoms with E-state index < -0.39 is 10.0 Å². The van der Waals surface area contributed by atoms with Gasteiger partial charge in [-0.15, -0.1) is 0 Å². The summed E-state index contributed by atoms with van der Waals surface area (Å²) in [6.45, 7) is 8.39. The highest BCUT2D eigenvalue weighted by Gasteiger charge is 2.29. The van der Waals surface area contributed by atoms with Gasteiger partial charge in [-0.3, -0.25) is 9.69 Å². The van der Waals surface area contributed by atoms with Gasteiger partial charge in [-0.2, -0.15) is 4.31 Å². The first kappa shape index (κ1) is 24.4. The van der Waals surface area contributed by atoms with Crippen LogP contribution in [0.3, 0.4) is 0 Å². The molecule has 32 heavy (non-hydrogen) atoms. The van der Waals surface area contributed by atoms with Crippen LogP contribution in [0, 0.1) is 0 Å². The Morgan fingerprint density at radius 2 is 1.50 bits per heavy atom. The molecule has 1 aliphatic heterocycles. The molecule has 1 N–H and O–H groups in total. The molecule has 0 spiro atoms. The highest BCUT2D eigenvalue weighted by atomic mass is 32.2. The molecule has 0 radical (unpaired) electrons. The number of aryl methyl sites for hydroxylation is 3. The summed E-state index contributed by atoms with van der Waals surface area (Å²) in [6.07, 6.45) is 3.70. The molecular weight excluding hydrogens is 422 g/mol. The molecule has 6 nitrogen and oxygen atoms in total. The van der Waals surface area contributed by atoms with Gasteiger partial charge in [0.2, 0.25) is 15.9 Å². The summed E-state index contributed by atoms with van der Waals surface area (Å²) < 4.78 is 27.5. The van der Waals surface area contributed by atoms with Gasteiger partial charge in [-0.25, -0.2) is 8.42 Å². The lowest BCUT2D eigenvalue weighted by Gasteiger charge is -2.33. The molecule has 1 heterocycles. The predicted molar refractivity (Wildman–Crippen MR) is 129 cm³/mol. The van der Waals surface area contributed by atoms with Crippen LogP contribution in [0.5, 0.6) is 0 Å². The van der Waals surface area contributed by atoms with Gasteiger partial charge in [-0.05, 0) is 48.1 Å². The minimum Gasteiger partial charge on any atom is -0.324 e. The van der Waals surface area contributed by atoms with Crippen LogP contribution < -0.4 is 5.32 Å². The summed E-state index contributed by atoms with van der Waals surface area (Å²) in [7, 11) is -3.51. The average Bonchev–Trinajstić information content (AvgIpc) is 2.80. The zero-order valence-electron chi connectivity index (χ0n) is 19.4. The van der Waals surface area contributed by atoms with Crippen molar-refractivity contribution >= 4 is 21.6 Å². The number of anilines is 1. The van der Waals surface area contributed by atoms with Crippen LogP contribution in [0.1, 0.15) is 43.9 Å². The molecule has 0 atom stereocenters. The fraction of sp³-hybridized carbons (Fsp3) is 0.480.